The molecule has 2 atom stereocenters. The monoisotopic (exact) mass is 591 g/mol. The number of ether oxygens (including phenoxy) is 1. The van der Waals surface area contributed by atoms with E-state index in [1.54, 1.807) is 6.92 Å². The number of amides is 2. The highest BCUT2D eigenvalue weighted by Gasteiger charge is 2.57. The lowest BCUT2D eigenvalue weighted by Crippen LogP contribution is -2.51. The van der Waals surface area contributed by atoms with Gasteiger partial charge in [-0.3, -0.25) is 9.59 Å². The molecule has 0 saturated heterocycles. The Morgan fingerprint density at radius 3 is 2.51 bits per heavy atom. The van der Waals surface area contributed by atoms with Crippen LogP contribution in [0.3, 0.4) is 0 Å². The number of primary amides is 1. The van der Waals surface area contributed by atoms with Crippen molar-refractivity contribution in [1.29, 1.82) is 0 Å². The van der Waals surface area contributed by atoms with Gasteiger partial charge < -0.3 is 25.9 Å². The molecule has 2 aromatic heterocycles. The third kappa shape index (κ3) is 4.74. The van der Waals surface area contributed by atoms with Crippen molar-refractivity contribution in [1.82, 2.24) is 20.3 Å². The minimum atomic E-state index is -5.35. The number of pyridine rings is 1. The molecule has 5 N–H and O–H groups in total. The minimum Gasteiger partial charge on any atom is -0.489 e. The van der Waals surface area contributed by atoms with E-state index in [1.165, 1.54) is 31.2 Å². The van der Waals surface area contributed by atoms with Gasteiger partial charge in [-0.1, -0.05) is 11.6 Å². The van der Waals surface area contributed by atoms with E-state index >= 15 is 0 Å². The second kappa shape index (κ2) is 9.70. The Bertz CT molecular complexity index is 1710. The number of hydrogen-bond acceptors (Lipinski definition) is 6. The van der Waals surface area contributed by atoms with Crippen LogP contribution in [0.15, 0.2) is 42.5 Å². The Hall–Kier alpha value is -4.23. The molecule has 2 aromatic carbocycles. The summed E-state index contributed by atoms with van der Waals surface area (Å²) >= 11 is 6.19. The minimum absolute atomic E-state index is 0.0342. The van der Waals surface area contributed by atoms with Crippen LogP contribution in [0, 0.1) is 12.7 Å². The molecular weight excluding hydrogens is 570 g/mol. The first-order chi connectivity index (χ1) is 19.1. The zero-order chi connectivity index (χ0) is 29.9. The second-order valence-corrected chi connectivity index (χ2v) is 10.3. The Morgan fingerprint density at radius 2 is 1.88 bits per heavy atom. The number of hydrogen-bond donors (Lipinski definition) is 4. The van der Waals surface area contributed by atoms with Crippen molar-refractivity contribution in [2.75, 3.05) is 13.2 Å². The molecular formula is C27H22ClF4N5O4. The van der Waals surface area contributed by atoms with Crippen LogP contribution >= 0.6 is 11.6 Å². The van der Waals surface area contributed by atoms with Crippen molar-refractivity contribution in [3.63, 3.8) is 0 Å². The van der Waals surface area contributed by atoms with Gasteiger partial charge in [0.25, 0.3) is 5.91 Å². The maximum Gasteiger partial charge on any atom is 0.424 e. The molecule has 0 unspecified atom stereocenters. The lowest BCUT2D eigenvalue weighted by atomic mass is 9.81. The number of aryl methyl sites for hydroxylation is 1. The fourth-order valence-electron chi connectivity index (χ4n) is 4.58. The van der Waals surface area contributed by atoms with Gasteiger partial charge in [0, 0.05) is 16.7 Å². The normalized spacial score (nSPS) is 18.0. The van der Waals surface area contributed by atoms with Crippen molar-refractivity contribution in [2.45, 2.75) is 31.0 Å². The Morgan fingerprint density at radius 1 is 1.20 bits per heavy atom. The van der Waals surface area contributed by atoms with Crippen LogP contribution in [0.5, 0.6) is 5.75 Å². The standard InChI is InChI=1S/C27H22ClF4N5O4/c1-12-35-18-8-14(7-17(28)21(18)36-12)23(38)34-10-26(40,27(30,31)32)19-9-16-22(41-11-25(16,2)24(33)39)20(37-19)13-3-5-15(29)6-4-13/h3-9,40H,10-11H2,1-2H3,(H2,33,39)(H,34,38)(H,35,36)/t25-,26-/m0/s1. The summed E-state index contributed by atoms with van der Waals surface area (Å²) in [6, 6.07) is 8.14. The van der Waals surface area contributed by atoms with Crippen LogP contribution < -0.4 is 15.8 Å². The molecule has 3 heterocycles. The highest BCUT2D eigenvalue weighted by molar-refractivity contribution is 6.35. The highest BCUT2D eigenvalue weighted by Crippen LogP contribution is 2.47. The predicted octanol–water partition coefficient (Wildman–Crippen LogP) is 4.04. The lowest BCUT2D eigenvalue weighted by molar-refractivity contribution is -0.265. The van der Waals surface area contributed by atoms with Crippen LogP contribution in [-0.2, 0) is 15.8 Å². The van der Waals surface area contributed by atoms with Crippen LogP contribution in [0.25, 0.3) is 22.3 Å². The zero-order valence-electron chi connectivity index (χ0n) is 21.5. The van der Waals surface area contributed by atoms with Crippen LogP contribution in [-0.4, -0.2) is 51.2 Å². The van der Waals surface area contributed by atoms with Crippen molar-refractivity contribution >= 4 is 34.4 Å². The summed E-state index contributed by atoms with van der Waals surface area (Å²) in [7, 11) is 0. The van der Waals surface area contributed by atoms with E-state index in [0.29, 0.717) is 16.9 Å². The molecule has 1 aliphatic rings. The van der Waals surface area contributed by atoms with E-state index in [4.69, 9.17) is 22.1 Å². The van der Waals surface area contributed by atoms with Gasteiger partial charge >= 0.3 is 6.18 Å². The van der Waals surface area contributed by atoms with E-state index in [-0.39, 0.29) is 39.8 Å². The third-order valence-electron chi connectivity index (χ3n) is 7.05. The van der Waals surface area contributed by atoms with Gasteiger partial charge in [-0.2, -0.15) is 13.2 Å². The van der Waals surface area contributed by atoms with Crippen molar-refractivity contribution < 1.29 is 37.0 Å². The Labute approximate surface area is 234 Å². The lowest BCUT2D eigenvalue weighted by Gasteiger charge is -2.31. The Balaban J connectivity index is 1.59. The van der Waals surface area contributed by atoms with Gasteiger partial charge in [-0.25, -0.2) is 14.4 Å². The fourth-order valence-corrected chi connectivity index (χ4v) is 4.84. The maximum absolute atomic E-state index is 14.6. The summed E-state index contributed by atoms with van der Waals surface area (Å²) in [4.78, 5) is 36.4. The quantitative estimate of drug-likeness (QED) is 0.249. The van der Waals surface area contributed by atoms with E-state index in [1.807, 2.05) is 0 Å². The first-order valence-corrected chi connectivity index (χ1v) is 12.5. The molecule has 0 fully saturated rings. The largest absolute Gasteiger partial charge is 0.489 e. The van der Waals surface area contributed by atoms with Crippen LogP contribution in [0.1, 0.15) is 34.4 Å². The molecule has 214 valence electrons. The number of imidazole rings is 1. The number of halogens is 5. The van der Waals surface area contributed by atoms with Gasteiger partial charge in [0.15, 0.2) is 0 Å². The van der Waals surface area contributed by atoms with Gasteiger partial charge in [-0.15, -0.1) is 0 Å². The molecule has 5 rings (SSSR count). The van der Waals surface area contributed by atoms with Crippen molar-refractivity contribution in [3.05, 3.63) is 75.9 Å². The summed E-state index contributed by atoms with van der Waals surface area (Å²) in [6.07, 6.45) is -5.35. The summed E-state index contributed by atoms with van der Waals surface area (Å²) in [5.41, 5.74) is -0.0401. The number of rotatable bonds is 6. The van der Waals surface area contributed by atoms with Crippen molar-refractivity contribution in [2.24, 2.45) is 5.73 Å². The number of carbonyl (C=O) groups is 2. The van der Waals surface area contributed by atoms with E-state index in [2.05, 4.69) is 20.3 Å². The van der Waals surface area contributed by atoms with Crippen LogP contribution in [0.2, 0.25) is 5.02 Å². The zero-order valence-corrected chi connectivity index (χ0v) is 22.2. The summed E-state index contributed by atoms with van der Waals surface area (Å²) < 4.78 is 62.9. The maximum atomic E-state index is 14.6. The van der Waals surface area contributed by atoms with E-state index < -0.39 is 47.1 Å². The fraction of sp³-hybridized carbons (Fsp3) is 0.259. The number of H-pyrrole nitrogens is 1. The van der Waals surface area contributed by atoms with E-state index in [0.717, 1.165) is 18.2 Å². The summed E-state index contributed by atoms with van der Waals surface area (Å²) in [5, 5.41) is 13.3. The number of fused-ring (bicyclic) bond motifs is 2. The first kappa shape index (κ1) is 28.3. The molecule has 0 spiro atoms. The van der Waals surface area contributed by atoms with Gasteiger partial charge in [0.1, 0.15) is 40.6 Å². The Kier molecular flexibility index (Phi) is 6.70. The number of aromatic amines is 1. The number of alkyl halides is 3. The molecule has 14 heteroatoms. The molecule has 1 aliphatic heterocycles. The topological polar surface area (TPSA) is 143 Å². The molecule has 2 amide bonds. The summed E-state index contributed by atoms with van der Waals surface area (Å²) in [6.45, 7) is 1.40. The average molecular weight is 592 g/mol. The number of aliphatic hydroxyl groups is 1. The molecule has 41 heavy (non-hydrogen) atoms. The number of aromatic nitrogens is 3. The number of nitrogens with one attached hydrogen (secondary N) is 2. The molecule has 4 aromatic rings. The molecule has 0 aliphatic carbocycles. The predicted molar refractivity (Wildman–Crippen MR) is 140 cm³/mol. The molecule has 0 saturated carbocycles. The molecule has 0 radical (unpaired) electrons. The SMILES string of the molecule is Cc1nc2c(Cl)cc(C(=O)NC[C@](O)(c3cc4c(c(-c5ccc(F)cc5)n3)OC[C@]4(C)C(N)=O)C(F)(F)F)cc2[nH]1. The average Bonchev–Trinajstić information content (AvgIpc) is 3.46. The number of carbonyl (C=O) groups excluding carboxylic acids is 2. The second-order valence-electron chi connectivity index (χ2n) is 9.94. The number of benzene rings is 2. The number of nitrogens with zero attached hydrogens (tertiary/aromatic N) is 2. The van der Waals surface area contributed by atoms with Gasteiger partial charge in [-0.05, 0) is 56.3 Å². The third-order valence-corrected chi connectivity index (χ3v) is 7.34. The van der Waals surface area contributed by atoms with Crippen LogP contribution in [0.4, 0.5) is 17.6 Å². The molecule has 0 bridgehead atoms. The number of nitrogens with two attached hydrogens (primary N) is 1. The van der Waals surface area contributed by atoms with Gasteiger partial charge in [0.05, 0.1) is 22.8 Å². The van der Waals surface area contributed by atoms with Gasteiger partial charge in [0.2, 0.25) is 11.5 Å². The van der Waals surface area contributed by atoms with Crippen molar-refractivity contribution in [3.8, 4) is 17.0 Å². The smallest absolute Gasteiger partial charge is 0.424 e. The highest BCUT2D eigenvalue weighted by atomic mass is 35.5. The van der Waals surface area contributed by atoms with E-state index in [9.17, 15) is 32.3 Å². The first-order valence-electron chi connectivity index (χ1n) is 12.1. The summed E-state index contributed by atoms with van der Waals surface area (Å²) in [5.74, 6) is -1.98. The molecule has 9 nitrogen and oxygen atoms in total.